The molecule has 1 aliphatic rings. The van der Waals surface area contributed by atoms with Crippen molar-refractivity contribution in [1.82, 2.24) is 15.4 Å². The van der Waals surface area contributed by atoms with Crippen LogP contribution >= 0.6 is 0 Å². The van der Waals surface area contributed by atoms with Crippen LogP contribution in [-0.2, 0) is 0 Å². The number of aromatic amines is 1. The minimum atomic E-state index is 0.655. The molecule has 0 spiro atoms. The molecule has 2 heterocycles. The largest absolute Gasteiger partial charge is 0.259 e. The number of hydrogen-bond donors (Lipinski definition) is 1. The number of nitrogens with zero attached hydrogens (tertiary/aromatic N) is 4. The molecule has 0 saturated heterocycles. The highest BCUT2D eigenvalue weighted by molar-refractivity contribution is 6.04. The van der Waals surface area contributed by atoms with Gasteiger partial charge in [0.1, 0.15) is 5.69 Å². The first-order chi connectivity index (χ1) is 4.97. The summed E-state index contributed by atoms with van der Waals surface area (Å²) in [6, 6.07) is 0. The molecular weight excluding hydrogens is 130 g/mol. The van der Waals surface area contributed by atoms with Gasteiger partial charge < -0.3 is 0 Å². The summed E-state index contributed by atoms with van der Waals surface area (Å²) in [5.74, 6) is 0.661. The molecule has 0 radical (unpaired) electrons. The lowest BCUT2D eigenvalue weighted by Crippen LogP contribution is -1.93. The summed E-state index contributed by atoms with van der Waals surface area (Å²) in [7, 11) is 0. The minimum Gasteiger partial charge on any atom is -0.259 e. The van der Waals surface area contributed by atoms with Crippen molar-refractivity contribution in [3.05, 3.63) is 11.9 Å². The zero-order chi connectivity index (χ0) is 6.81. The Morgan fingerprint density at radius 3 is 3.10 bits per heavy atom. The van der Waals surface area contributed by atoms with Crippen LogP contribution in [0.15, 0.2) is 16.2 Å². The monoisotopic (exact) mass is 135 g/mol. The standard InChI is InChI=1S/C5H5N5/c1-2-7-5(6-1)4-3-8-10-9-4/h1,3H,2H2,(H,8,9,10). The van der Waals surface area contributed by atoms with E-state index in [1.54, 1.807) is 12.4 Å². The zero-order valence-corrected chi connectivity index (χ0v) is 5.15. The Balaban J connectivity index is 2.36. The van der Waals surface area contributed by atoms with Crippen LogP contribution in [0.2, 0.25) is 0 Å². The van der Waals surface area contributed by atoms with Gasteiger partial charge in [0.05, 0.1) is 12.7 Å². The van der Waals surface area contributed by atoms with Gasteiger partial charge in [-0.15, -0.1) is 0 Å². The van der Waals surface area contributed by atoms with Crippen molar-refractivity contribution in [3.63, 3.8) is 0 Å². The summed E-state index contributed by atoms with van der Waals surface area (Å²) in [4.78, 5) is 8.03. The van der Waals surface area contributed by atoms with Crippen LogP contribution in [0.5, 0.6) is 0 Å². The summed E-state index contributed by atoms with van der Waals surface area (Å²) >= 11 is 0. The number of aliphatic imine (C=N–C) groups is 2. The number of H-pyrrole nitrogens is 1. The molecule has 0 aromatic carbocycles. The molecule has 0 amide bonds. The van der Waals surface area contributed by atoms with E-state index in [9.17, 15) is 0 Å². The van der Waals surface area contributed by atoms with E-state index in [1.807, 2.05) is 0 Å². The minimum absolute atomic E-state index is 0.655. The number of amidine groups is 1. The first-order valence-corrected chi connectivity index (χ1v) is 2.90. The Bertz CT molecular complexity index is 270. The fourth-order valence-electron chi connectivity index (χ4n) is 0.752. The molecule has 1 aromatic heterocycles. The van der Waals surface area contributed by atoms with Crippen LogP contribution in [0.25, 0.3) is 0 Å². The molecule has 0 bridgehead atoms. The number of hydrogen-bond acceptors (Lipinski definition) is 4. The van der Waals surface area contributed by atoms with E-state index in [4.69, 9.17) is 0 Å². The zero-order valence-electron chi connectivity index (χ0n) is 5.15. The molecule has 5 heteroatoms. The van der Waals surface area contributed by atoms with Crippen molar-refractivity contribution in [2.75, 3.05) is 6.54 Å². The maximum absolute atomic E-state index is 4.05. The average Bonchev–Trinajstić information content (AvgIpc) is 2.59. The van der Waals surface area contributed by atoms with E-state index < -0.39 is 0 Å². The van der Waals surface area contributed by atoms with Crippen molar-refractivity contribution < 1.29 is 0 Å². The van der Waals surface area contributed by atoms with Crippen LogP contribution in [-0.4, -0.2) is 34.0 Å². The molecular formula is C5H5N5. The highest BCUT2D eigenvalue weighted by atomic mass is 15.3. The van der Waals surface area contributed by atoms with Gasteiger partial charge >= 0.3 is 0 Å². The third kappa shape index (κ3) is 0.717. The lowest BCUT2D eigenvalue weighted by molar-refractivity contribution is 0.936. The van der Waals surface area contributed by atoms with Crippen molar-refractivity contribution in [2.24, 2.45) is 9.98 Å². The summed E-state index contributed by atoms with van der Waals surface area (Å²) in [6.07, 6.45) is 3.34. The quantitative estimate of drug-likeness (QED) is 0.571. The van der Waals surface area contributed by atoms with Gasteiger partial charge in [0.15, 0.2) is 5.84 Å². The first-order valence-electron chi connectivity index (χ1n) is 2.90. The summed E-state index contributed by atoms with van der Waals surface area (Å²) in [6.45, 7) is 0.655. The maximum atomic E-state index is 4.05. The van der Waals surface area contributed by atoms with Crippen molar-refractivity contribution in [3.8, 4) is 0 Å². The van der Waals surface area contributed by atoms with Crippen molar-refractivity contribution in [2.45, 2.75) is 0 Å². The first kappa shape index (κ1) is 5.28. The summed E-state index contributed by atoms with van der Waals surface area (Å²) < 4.78 is 0. The molecule has 0 saturated carbocycles. The van der Waals surface area contributed by atoms with Gasteiger partial charge in [0.2, 0.25) is 0 Å². The Morgan fingerprint density at radius 2 is 2.50 bits per heavy atom. The molecule has 2 rings (SSSR count). The smallest absolute Gasteiger partial charge is 0.177 e. The lowest BCUT2D eigenvalue weighted by Gasteiger charge is -1.84. The fourth-order valence-corrected chi connectivity index (χ4v) is 0.752. The van der Waals surface area contributed by atoms with E-state index >= 15 is 0 Å². The Hall–Kier alpha value is -1.52. The maximum Gasteiger partial charge on any atom is 0.177 e. The van der Waals surface area contributed by atoms with Crippen LogP contribution in [0.3, 0.4) is 0 Å². The van der Waals surface area contributed by atoms with Gasteiger partial charge in [-0.05, 0) is 0 Å². The van der Waals surface area contributed by atoms with Gasteiger partial charge in [-0.25, -0.2) is 4.99 Å². The van der Waals surface area contributed by atoms with Crippen LogP contribution in [0, 0.1) is 0 Å². The van der Waals surface area contributed by atoms with Crippen LogP contribution in [0.4, 0.5) is 0 Å². The Labute approximate surface area is 56.9 Å². The van der Waals surface area contributed by atoms with Crippen molar-refractivity contribution in [1.29, 1.82) is 0 Å². The molecule has 0 aliphatic carbocycles. The number of rotatable bonds is 1. The van der Waals surface area contributed by atoms with E-state index in [1.165, 1.54) is 0 Å². The molecule has 0 fully saturated rings. The lowest BCUT2D eigenvalue weighted by atomic mass is 10.4. The van der Waals surface area contributed by atoms with Crippen LogP contribution < -0.4 is 0 Å². The summed E-state index contributed by atoms with van der Waals surface area (Å²) in [5.41, 5.74) is 0.703. The molecule has 50 valence electrons. The van der Waals surface area contributed by atoms with E-state index in [2.05, 4.69) is 25.4 Å². The van der Waals surface area contributed by atoms with E-state index in [0.29, 0.717) is 18.1 Å². The topological polar surface area (TPSA) is 66.3 Å². The molecule has 1 aromatic rings. The van der Waals surface area contributed by atoms with Crippen LogP contribution in [0.1, 0.15) is 5.69 Å². The Kier molecular flexibility index (Phi) is 1.06. The SMILES string of the molecule is C1=NC(c2cn[nH]n2)=NC1. The third-order valence-corrected chi connectivity index (χ3v) is 1.18. The molecule has 0 unspecified atom stereocenters. The van der Waals surface area contributed by atoms with E-state index in [0.717, 1.165) is 0 Å². The highest BCUT2D eigenvalue weighted by Gasteiger charge is 2.05. The fraction of sp³-hybridized carbons (Fsp3) is 0.200. The average molecular weight is 135 g/mol. The predicted octanol–water partition coefficient (Wildman–Crippen LogP) is -0.364. The number of nitrogens with one attached hydrogen (secondary N) is 1. The Morgan fingerprint density at radius 1 is 1.50 bits per heavy atom. The van der Waals surface area contributed by atoms with Gasteiger partial charge in [0.25, 0.3) is 0 Å². The van der Waals surface area contributed by atoms with Gasteiger partial charge in [-0.2, -0.15) is 15.4 Å². The van der Waals surface area contributed by atoms with Gasteiger partial charge in [-0.1, -0.05) is 0 Å². The normalized spacial score (nSPS) is 15.8. The summed E-state index contributed by atoms with van der Waals surface area (Å²) in [5, 5.41) is 9.95. The molecule has 1 aliphatic heterocycles. The van der Waals surface area contributed by atoms with Crippen molar-refractivity contribution >= 4 is 12.1 Å². The molecule has 1 N–H and O–H groups in total. The second-order valence-electron chi connectivity index (χ2n) is 1.83. The van der Waals surface area contributed by atoms with E-state index in [-0.39, 0.29) is 0 Å². The number of aromatic nitrogens is 3. The second-order valence-corrected chi connectivity index (χ2v) is 1.83. The molecule has 10 heavy (non-hydrogen) atoms. The van der Waals surface area contributed by atoms with Gasteiger partial charge in [0, 0.05) is 6.21 Å². The third-order valence-electron chi connectivity index (χ3n) is 1.18. The molecule has 0 atom stereocenters. The van der Waals surface area contributed by atoms with Gasteiger partial charge in [-0.3, -0.25) is 4.99 Å². The predicted molar refractivity (Wildman–Crippen MR) is 36.3 cm³/mol. The highest BCUT2D eigenvalue weighted by Crippen LogP contribution is 1.98. The second kappa shape index (κ2) is 2.02. The molecule has 5 nitrogen and oxygen atoms in total.